The summed E-state index contributed by atoms with van der Waals surface area (Å²) < 4.78 is 0. The van der Waals surface area contributed by atoms with Crippen LogP contribution in [0, 0.1) is 0 Å². The Morgan fingerprint density at radius 1 is 1.09 bits per heavy atom. The number of rotatable bonds is 4. The highest BCUT2D eigenvalue weighted by atomic mass is 32.1. The number of nitrogens with one attached hydrogen (secondary N) is 1. The zero-order chi connectivity index (χ0) is 16.3. The predicted octanol–water partition coefficient (Wildman–Crippen LogP) is 5.62. The quantitative estimate of drug-likeness (QED) is 0.494. The highest BCUT2D eigenvalue weighted by Crippen LogP contribution is 2.28. The van der Waals surface area contributed by atoms with Crippen LogP contribution in [0.4, 0.5) is 5.13 Å². The van der Waals surface area contributed by atoms with E-state index in [-0.39, 0.29) is 5.41 Å². The Morgan fingerprint density at radius 3 is 2.52 bits per heavy atom. The number of hydrazone groups is 1. The number of benzene rings is 1. The summed E-state index contributed by atoms with van der Waals surface area (Å²) in [6, 6.07) is 12.6. The normalized spacial score (nSPS) is 12.0. The molecule has 118 valence electrons. The topological polar surface area (TPSA) is 37.3 Å². The third-order valence-electron chi connectivity index (χ3n) is 3.43. The van der Waals surface area contributed by atoms with Gasteiger partial charge in [0.05, 0.1) is 16.8 Å². The summed E-state index contributed by atoms with van der Waals surface area (Å²) in [5.74, 6) is 0. The van der Waals surface area contributed by atoms with Crippen molar-refractivity contribution in [2.45, 2.75) is 26.2 Å². The number of hydrogen-bond acceptors (Lipinski definition) is 5. The SMILES string of the molecule is CC(C)(C)c1ccc(/C=N\Nc2nc(-c3cccs3)cs2)cc1. The maximum absolute atomic E-state index is 4.53. The van der Waals surface area contributed by atoms with Gasteiger partial charge in [0.1, 0.15) is 0 Å². The van der Waals surface area contributed by atoms with Crippen molar-refractivity contribution in [2.75, 3.05) is 5.43 Å². The molecule has 3 rings (SSSR count). The zero-order valence-electron chi connectivity index (χ0n) is 13.4. The molecule has 1 aromatic carbocycles. The maximum atomic E-state index is 4.53. The molecule has 23 heavy (non-hydrogen) atoms. The molecule has 3 nitrogen and oxygen atoms in total. The zero-order valence-corrected chi connectivity index (χ0v) is 15.0. The summed E-state index contributed by atoms with van der Waals surface area (Å²) in [6.45, 7) is 6.64. The molecule has 0 fully saturated rings. The monoisotopic (exact) mass is 341 g/mol. The van der Waals surface area contributed by atoms with Gasteiger partial charge in [-0.15, -0.1) is 22.7 Å². The summed E-state index contributed by atoms with van der Waals surface area (Å²) in [5, 5.41) is 9.18. The lowest BCUT2D eigenvalue weighted by molar-refractivity contribution is 0.590. The van der Waals surface area contributed by atoms with E-state index < -0.39 is 0 Å². The van der Waals surface area contributed by atoms with E-state index in [1.54, 1.807) is 22.7 Å². The van der Waals surface area contributed by atoms with Crippen LogP contribution in [0.25, 0.3) is 10.6 Å². The van der Waals surface area contributed by atoms with E-state index in [9.17, 15) is 0 Å². The van der Waals surface area contributed by atoms with Crippen molar-refractivity contribution in [3.8, 4) is 10.6 Å². The molecule has 0 spiro atoms. The van der Waals surface area contributed by atoms with Gasteiger partial charge in [0.15, 0.2) is 0 Å². The van der Waals surface area contributed by atoms with Crippen LogP contribution in [-0.4, -0.2) is 11.2 Å². The molecule has 0 unspecified atom stereocenters. The molecular weight excluding hydrogens is 322 g/mol. The van der Waals surface area contributed by atoms with E-state index in [1.165, 1.54) is 10.4 Å². The Kier molecular flexibility index (Phi) is 4.59. The first-order valence-corrected chi connectivity index (χ1v) is 9.17. The molecule has 0 radical (unpaired) electrons. The van der Waals surface area contributed by atoms with E-state index in [4.69, 9.17) is 0 Å². The highest BCUT2D eigenvalue weighted by molar-refractivity contribution is 7.15. The second-order valence-electron chi connectivity index (χ2n) is 6.26. The first kappa shape index (κ1) is 15.9. The molecule has 0 bridgehead atoms. The summed E-state index contributed by atoms with van der Waals surface area (Å²) in [5.41, 5.74) is 6.57. The minimum absolute atomic E-state index is 0.174. The lowest BCUT2D eigenvalue weighted by Crippen LogP contribution is -2.10. The average Bonchev–Trinajstić information content (AvgIpc) is 3.18. The first-order chi connectivity index (χ1) is 11.0. The number of thiophene rings is 1. The minimum atomic E-state index is 0.174. The van der Waals surface area contributed by atoms with Gasteiger partial charge in [-0.25, -0.2) is 4.98 Å². The molecule has 0 aliphatic heterocycles. The Labute approximate surface area is 144 Å². The van der Waals surface area contributed by atoms with Gasteiger partial charge in [-0.1, -0.05) is 51.1 Å². The smallest absolute Gasteiger partial charge is 0.203 e. The van der Waals surface area contributed by atoms with Crippen molar-refractivity contribution in [1.82, 2.24) is 4.98 Å². The Balaban J connectivity index is 1.63. The average molecular weight is 342 g/mol. The minimum Gasteiger partial charge on any atom is -0.253 e. The molecule has 0 aliphatic carbocycles. The predicted molar refractivity (Wildman–Crippen MR) is 102 cm³/mol. The molecular formula is C18H19N3S2. The molecule has 0 atom stereocenters. The van der Waals surface area contributed by atoms with Crippen molar-refractivity contribution in [3.05, 3.63) is 58.3 Å². The maximum Gasteiger partial charge on any atom is 0.203 e. The molecule has 0 aliphatic rings. The van der Waals surface area contributed by atoms with Gasteiger partial charge in [0.25, 0.3) is 0 Å². The van der Waals surface area contributed by atoms with Gasteiger partial charge < -0.3 is 0 Å². The first-order valence-electron chi connectivity index (χ1n) is 7.41. The fraction of sp³-hybridized carbons (Fsp3) is 0.222. The van der Waals surface area contributed by atoms with Crippen LogP contribution in [0.2, 0.25) is 0 Å². The van der Waals surface area contributed by atoms with Crippen molar-refractivity contribution < 1.29 is 0 Å². The van der Waals surface area contributed by atoms with Crippen LogP contribution >= 0.6 is 22.7 Å². The van der Waals surface area contributed by atoms with Crippen LogP contribution in [0.15, 0.2) is 52.3 Å². The third kappa shape index (κ3) is 4.06. The van der Waals surface area contributed by atoms with Crippen LogP contribution in [0.1, 0.15) is 31.9 Å². The highest BCUT2D eigenvalue weighted by Gasteiger charge is 2.12. The molecule has 2 heterocycles. The molecule has 0 amide bonds. The number of thiazole rings is 1. The summed E-state index contributed by atoms with van der Waals surface area (Å²) in [6.07, 6.45) is 1.82. The second-order valence-corrected chi connectivity index (χ2v) is 8.06. The van der Waals surface area contributed by atoms with E-state index >= 15 is 0 Å². The fourth-order valence-electron chi connectivity index (χ4n) is 2.09. The largest absolute Gasteiger partial charge is 0.253 e. The van der Waals surface area contributed by atoms with Gasteiger partial charge in [0.2, 0.25) is 5.13 Å². The van der Waals surface area contributed by atoms with Crippen molar-refractivity contribution >= 4 is 34.0 Å². The van der Waals surface area contributed by atoms with Crippen molar-refractivity contribution in [2.24, 2.45) is 5.10 Å². The molecule has 3 aromatic rings. The van der Waals surface area contributed by atoms with Crippen LogP contribution in [-0.2, 0) is 5.41 Å². The summed E-state index contributed by atoms with van der Waals surface area (Å²) in [7, 11) is 0. The molecule has 2 aromatic heterocycles. The number of hydrogen-bond donors (Lipinski definition) is 1. The molecule has 5 heteroatoms. The fourth-order valence-corrected chi connectivity index (χ4v) is 3.51. The van der Waals surface area contributed by atoms with Crippen molar-refractivity contribution in [3.63, 3.8) is 0 Å². The van der Waals surface area contributed by atoms with Gasteiger partial charge in [-0.2, -0.15) is 5.10 Å². The third-order valence-corrected chi connectivity index (χ3v) is 5.07. The summed E-state index contributed by atoms with van der Waals surface area (Å²) >= 11 is 3.25. The molecule has 0 saturated carbocycles. The van der Waals surface area contributed by atoms with Crippen molar-refractivity contribution in [1.29, 1.82) is 0 Å². The number of aromatic nitrogens is 1. The van der Waals surface area contributed by atoms with Crippen LogP contribution in [0.5, 0.6) is 0 Å². The Hall–Kier alpha value is -1.98. The lowest BCUT2D eigenvalue weighted by atomic mass is 9.87. The second kappa shape index (κ2) is 6.64. The van der Waals surface area contributed by atoms with Gasteiger partial charge >= 0.3 is 0 Å². The van der Waals surface area contributed by atoms with Gasteiger partial charge in [0, 0.05) is 5.38 Å². The standard InChI is InChI=1S/C18H19N3S2/c1-18(2,3)14-8-6-13(7-9-14)11-19-21-17-20-15(12-23-17)16-5-4-10-22-16/h4-12H,1-3H3,(H,20,21)/b19-11-. The molecule has 1 N–H and O–H groups in total. The van der Waals surface area contributed by atoms with Gasteiger partial charge in [-0.3, -0.25) is 5.43 Å². The number of anilines is 1. The Bertz CT molecular complexity index is 779. The Morgan fingerprint density at radius 2 is 1.87 bits per heavy atom. The van der Waals surface area contributed by atoms with Gasteiger partial charge in [-0.05, 0) is 28.0 Å². The van der Waals surface area contributed by atoms with Crippen LogP contribution < -0.4 is 5.43 Å². The lowest BCUT2D eigenvalue weighted by Gasteiger charge is -2.18. The number of nitrogens with zero attached hydrogens (tertiary/aromatic N) is 2. The molecule has 0 saturated heterocycles. The van der Waals surface area contributed by atoms with E-state index in [0.29, 0.717) is 0 Å². The summed E-state index contributed by atoms with van der Waals surface area (Å²) in [4.78, 5) is 5.71. The van der Waals surface area contributed by atoms with Crippen LogP contribution in [0.3, 0.4) is 0 Å². The van der Waals surface area contributed by atoms with E-state index in [2.05, 4.69) is 72.0 Å². The van der Waals surface area contributed by atoms with E-state index in [0.717, 1.165) is 16.4 Å². The van der Waals surface area contributed by atoms with E-state index in [1.807, 2.05) is 17.7 Å².